The van der Waals surface area contributed by atoms with Crippen LogP contribution in [0.5, 0.6) is 5.75 Å². The van der Waals surface area contributed by atoms with E-state index in [0.717, 1.165) is 25.0 Å². The van der Waals surface area contributed by atoms with E-state index in [-0.39, 0.29) is 34.8 Å². The number of carbonyl (C=O) groups excluding carboxylic acids is 2. The fourth-order valence-electron chi connectivity index (χ4n) is 3.58. The summed E-state index contributed by atoms with van der Waals surface area (Å²) in [5.74, 6) is -4.60. The zero-order chi connectivity index (χ0) is 27.8. The summed E-state index contributed by atoms with van der Waals surface area (Å²) < 4.78 is 81.0. The van der Waals surface area contributed by atoms with Crippen LogP contribution in [0.1, 0.15) is 53.7 Å². The maximum Gasteiger partial charge on any atom is 0.425 e. The predicted molar refractivity (Wildman–Crippen MR) is 127 cm³/mol. The van der Waals surface area contributed by atoms with Gasteiger partial charge in [-0.15, -0.1) is 0 Å². The zero-order valence-electron chi connectivity index (χ0n) is 20.0. The van der Waals surface area contributed by atoms with E-state index >= 15 is 4.39 Å². The molecule has 1 aliphatic rings. The Morgan fingerprint density at radius 2 is 1.92 bits per heavy atom. The number of hydrogen-bond donors (Lipinski definition) is 1. The molecule has 1 amide bonds. The molecule has 38 heavy (non-hydrogen) atoms. The molecule has 1 aromatic heterocycles. The lowest BCUT2D eigenvalue weighted by molar-refractivity contribution is -0.189. The van der Waals surface area contributed by atoms with E-state index in [0.29, 0.717) is 13.0 Å². The summed E-state index contributed by atoms with van der Waals surface area (Å²) in [6.45, 7) is 2.38. The minimum atomic E-state index is -4.82. The van der Waals surface area contributed by atoms with Crippen LogP contribution in [0.25, 0.3) is 11.3 Å². The summed E-state index contributed by atoms with van der Waals surface area (Å²) in [6, 6.07) is 5.04. The Balaban J connectivity index is 1.79. The molecular formula is C25H21ClF5N3O4. The Bertz CT molecular complexity index is 1370. The lowest BCUT2D eigenvalue weighted by atomic mass is 10.1. The third kappa shape index (κ3) is 5.74. The SMILES string of the molecule is CCOC(=O)c1nc(-c2cc(OC(C)C(F)(F)F)c(C(=O)Nc3c(F)cccc3Cl)cc2F)cn1C1CC1. The van der Waals surface area contributed by atoms with Crippen molar-refractivity contribution in [3.63, 3.8) is 0 Å². The second-order valence-corrected chi connectivity index (χ2v) is 8.90. The molecule has 1 N–H and O–H groups in total. The Hall–Kier alpha value is -3.67. The number of hydrogen-bond acceptors (Lipinski definition) is 5. The number of alkyl halides is 3. The Morgan fingerprint density at radius 3 is 2.53 bits per heavy atom. The van der Waals surface area contributed by atoms with Crippen LogP contribution in [0.3, 0.4) is 0 Å². The number of carbonyl (C=O) groups is 2. The monoisotopic (exact) mass is 557 g/mol. The van der Waals surface area contributed by atoms with Crippen LogP contribution >= 0.6 is 11.6 Å². The maximum atomic E-state index is 15.3. The first-order chi connectivity index (χ1) is 17.9. The second-order valence-electron chi connectivity index (χ2n) is 8.49. The van der Waals surface area contributed by atoms with Gasteiger partial charge < -0.3 is 19.4 Å². The average molecular weight is 558 g/mol. The van der Waals surface area contributed by atoms with Crippen LogP contribution in [-0.4, -0.2) is 40.3 Å². The van der Waals surface area contributed by atoms with Crippen molar-refractivity contribution in [2.45, 2.75) is 45.0 Å². The molecule has 0 aliphatic heterocycles. The van der Waals surface area contributed by atoms with E-state index in [1.54, 1.807) is 6.92 Å². The van der Waals surface area contributed by atoms with Crippen molar-refractivity contribution in [3.8, 4) is 17.0 Å². The van der Waals surface area contributed by atoms with Crippen LogP contribution in [0, 0.1) is 11.6 Å². The smallest absolute Gasteiger partial charge is 0.425 e. The average Bonchev–Trinajstić information content (AvgIpc) is 3.59. The standard InChI is InChI=1S/C25H21ClF5N3O4/c1-3-37-24(36)22-32-19(11-34(22)13-7-8-13)14-10-20(38-12(2)25(29,30)31)15(9-18(14)28)23(35)33-21-16(26)5-4-6-17(21)27/h4-6,9-13H,3,7-8H2,1-2H3,(H,33,35). The van der Waals surface area contributed by atoms with Gasteiger partial charge >= 0.3 is 12.1 Å². The number of imidazole rings is 1. The van der Waals surface area contributed by atoms with Crippen LogP contribution in [0.4, 0.5) is 27.6 Å². The van der Waals surface area contributed by atoms with E-state index in [1.165, 1.54) is 22.9 Å². The maximum absolute atomic E-state index is 15.3. The number of aromatic nitrogens is 2. The highest BCUT2D eigenvalue weighted by Crippen LogP contribution is 2.39. The van der Waals surface area contributed by atoms with E-state index in [2.05, 4.69) is 10.3 Å². The number of ether oxygens (including phenoxy) is 2. The molecule has 4 rings (SSSR count). The normalized spacial score (nSPS) is 14.2. The topological polar surface area (TPSA) is 82.5 Å². The molecule has 1 aliphatic carbocycles. The zero-order valence-corrected chi connectivity index (χ0v) is 20.8. The molecule has 0 bridgehead atoms. The number of esters is 1. The van der Waals surface area contributed by atoms with E-state index < -0.39 is 52.8 Å². The van der Waals surface area contributed by atoms with E-state index in [4.69, 9.17) is 21.1 Å². The first-order valence-electron chi connectivity index (χ1n) is 11.5. The molecule has 1 heterocycles. The number of nitrogens with zero attached hydrogens (tertiary/aromatic N) is 2. The summed E-state index contributed by atoms with van der Waals surface area (Å²) in [6.07, 6.45) is -4.32. The van der Waals surface area contributed by atoms with Crippen molar-refractivity contribution < 1.29 is 41.0 Å². The molecule has 202 valence electrons. The fraction of sp³-hybridized carbons (Fsp3) is 0.320. The minimum absolute atomic E-state index is 0.0599. The lowest BCUT2D eigenvalue weighted by Crippen LogP contribution is -2.32. The predicted octanol–water partition coefficient (Wildman–Crippen LogP) is 6.58. The molecule has 2 aromatic carbocycles. The Labute approximate surface area is 218 Å². The molecule has 13 heteroatoms. The number of rotatable bonds is 8. The van der Waals surface area contributed by atoms with Crippen LogP contribution in [0.2, 0.25) is 5.02 Å². The molecule has 1 saturated carbocycles. The van der Waals surface area contributed by atoms with E-state index in [1.807, 2.05) is 0 Å². The third-order valence-electron chi connectivity index (χ3n) is 5.69. The van der Waals surface area contributed by atoms with Gasteiger partial charge in [0.2, 0.25) is 5.82 Å². The second kappa shape index (κ2) is 10.6. The number of halogens is 6. The Morgan fingerprint density at radius 1 is 1.21 bits per heavy atom. The summed E-state index contributed by atoms with van der Waals surface area (Å²) in [5.41, 5.74) is -1.49. The fourth-order valence-corrected chi connectivity index (χ4v) is 3.79. The first-order valence-corrected chi connectivity index (χ1v) is 11.9. The van der Waals surface area contributed by atoms with Crippen molar-refractivity contribution in [3.05, 3.63) is 64.6 Å². The number of anilines is 1. The lowest BCUT2D eigenvalue weighted by Gasteiger charge is -2.20. The number of nitrogens with one attached hydrogen (secondary N) is 1. The third-order valence-corrected chi connectivity index (χ3v) is 6.00. The van der Waals surface area contributed by atoms with E-state index in [9.17, 15) is 27.2 Å². The molecule has 3 aromatic rings. The molecule has 0 radical (unpaired) electrons. The van der Waals surface area contributed by atoms with Crippen LogP contribution in [-0.2, 0) is 4.74 Å². The largest absolute Gasteiger partial charge is 0.480 e. The van der Waals surface area contributed by atoms with Gasteiger partial charge in [0.05, 0.1) is 28.6 Å². The highest BCUT2D eigenvalue weighted by molar-refractivity contribution is 6.34. The van der Waals surface area contributed by atoms with Gasteiger partial charge in [-0.05, 0) is 51.0 Å². The summed E-state index contributed by atoms with van der Waals surface area (Å²) in [7, 11) is 0. The summed E-state index contributed by atoms with van der Waals surface area (Å²) >= 11 is 5.92. The molecule has 0 spiro atoms. The molecule has 1 fully saturated rings. The molecular weight excluding hydrogens is 537 g/mol. The molecule has 1 atom stereocenters. The van der Waals surface area contributed by atoms with Crippen LogP contribution < -0.4 is 10.1 Å². The molecule has 7 nitrogen and oxygen atoms in total. The molecule has 1 unspecified atom stereocenters. The van der Waals surface area contributed by atoms with Gasteiger partial charge in [-0.2, -0.15) is 13.2 Å². The van der Waals surface area contributed by atoms with Crippen molar-refractivity contribution >= 4 is 29.2 Å². The van der Waals surface area contributed by atoms with Gasteiger partial charge in [-0.25, -0.2) is 18.6 Å². The first kappa shape index (κ1) is 27.4. The van der Waals surface area contributed by atoms with Gasteiger partial charge in [0.15, 0.2) is 6.10 Å². The van der Waals surface area contributed by atoms with Gasteiger partial charge in [-0.1, -0.05) is 17.7 Å². The van der Waals surface area contributed by atoms with Gasteiger partial charge in [0.25, 0.3) is 5.91 Å². The highest BCUT2D eigenvalue weighted by Gasteiger charge is 2.39. The van der Waals surface area contributed by atoms with Gasteiger partial charge in [0, 0.05) is 17.8 Å². The number of amides is 1. The van der Waals surface area contributed by atoms with Crippen LogP contribution in [0.15, 0.2) is 36.5 Å². The quantitative estimate of drug-likeness (QED) is 0.250. The van der Waals surface area contributed by atoms with Crippen molar-refractivity contribution in [2.24, 2.45) is 0 Å². The van der Waals surface area contributed by atoms with Crippen molar-refractivity contribution in [1.29, 1.82) is 0 Å². The number of para-hydroxylation sites is 1. The van der Waals surface area contributed by atoms with Gasteiger partial charge in [0.1, 0.15) is 17.4 Å². The van der Waals surface area contributed by atoms with Crippen molar-refractivity contribution in [1.82, 2.24) is 9.55 Å². The highest BCUT2D eigenvalue weighted by atomic mass is 35.5. The number of benzene rings is 2. The summed E-state index contributed by atoms with van der Waals surface area (Å²) in [4.78, 5) is 29.5. The summed E-state index contributed by atoms with van der Waals surface area (Å²) in [5, 5.41) is 1.96. The Kier molecular flexibility index (Phi) is 7.63. The minimum Gasteiger partial charge on any atom is -0.480 e. The van der Waals surface area contributed by atoms with Gasteiger partial charge in [-0.3, -0.25) is 4.79 Å². The molecule has 0 saturated heterocycles. The van der Waals surface area contributed by atoms with Crippen molar-refractivity contribution in [2.75, 3.05) is 11.9 Å².